The number of hydrogen-bond acceptors (Lipinski definition) is 5. The molecule has 3 rings (SSSR count). The molecule has 6 nitrogen and oxygen atoms in total. The number of methoxy groups -OCH3 is 2. The number of nitrogens with one attached hydrogen (secondary N) is 2. The molecule has 1 aliphatic carbocycles. The van der Waals surface area contributed by atoms with Crippen LogP contribution in [0.3, 0.4) is 0 Å². The van der Waals surface area contributed by atoms with E-state index in [1.807, 2.05) is 23.1 Å². The fourth-order valence-corrected chi connectivity index (χ4v) is 4.84. The lowest BCUT2D eigenvalue weighted by Gasteiger charge is -2.32. The average Bonchev–Trinajstić information content (AvgIpc) is 3.26. The third kappa shape index (κ3) is 7.08. The van der Waals surface area contributed by atoms with Crippen LogP contribution in [0.15, 0.2) is 42.5 Å². The Labute approximate surface area is 199 Å². The lowest BCUT2D eigenvalue weighted by Crippen LogP contribution is -2.42. The molecule has 1 aromatic rings. The van der Waals surface area contributed by atoms with Crippen LogP contribution in [0.5, 0.6) is 5.75 Å². The highest BCUT2D eigenvalue weighted by molar-refractivity contribution is 5.95. The van der Waals surface area contributed by atoms with E-state index in [1.54, 1.807) is 14.2 Å². The quantitative estimate of drug-likeness (QED) is 0.459. The Balaban J connectivity index is 1.68. The van der Waals surface area contributed by atoms with Gasteiger partial charge in [-0.3, -0.25) is 4.79 Å². The van der Waals surface area contributed by atoms with E-state index in [4.69, 9.17) is 9.47 Å². The van der Waals surface area contributed by atoms with Gasteiger partial charge in [0.1, 0.15) is 5.75 Å². The smallest absolute Gasteiger partial charge is 0.254 e. The van der Waals surface area contributed by atoms with Gasteiger partial charge in [-0.05, 0) is 82.2 Å². The third-order valence-corrected chi connectivity index (χ3v) is 6.76. The lowest BCUT2D eigenvalue weighted by atomic mass is 9.83. The van der Waals surface area contributed by atoms with Crippen molar-refractivity contribution in [1.29, 1.82) is 0 Å². The minimum absolute atomic E-state index is 0.0822. The Kier molecular flexibility index (Phi) is 9.82. The molecule has 0 bridgehead atoms. The first-order valence-electron chi connectivity index (χ1n) is 12.3. The van der Waals surface area contributed by atoms with Crippen LogP contribution >= 0.6 is 0 Å². The molecule has 0 radical (unpaired) electrons. The van der Waals surface area contributed by atoms with Gasteiger partial charge in [0.25, 0.3) is 5.91 Å². The molecule has 0 saturated carbocycles. The van der Waals surface area contributed by atoms with Crippen molar-refractivity contribution in [2.24, 2.45) is 17.8 Å². The van der Waals surface area contributed by atoms with E-state index in [9.17, 15) is 4.79 Å². The Morgan fingerprint density at radius 3 is 2.73 bits per heavy atom. The average molecular weight is 456 g/mol. The molecule has 1 saturated heterocycles. The molecule has 1 heterocycles. The van der Waals surface area contributed by atoms with Crippen LogP contribution in [0.1, 0.15) is 43.5 Å². The molecule has 0 spiro atoms. The second-order valence-electron chi connectivity index (χ2n) is 9.46. The maximum Gasteiger partial charge on any atom is 0.254 e. The second-order valence-corrected chi connectivity index (χ2v) is 9.46. The summed E-state index contributed by atoms with van der Waals surface area (Å²) in [5.74, 6) is 2.50. The molecule has 0 aromatic heterocycles. The summed E-state index contributed by atoms with van der Waals surface area (Å²) >= 11 is 0. The number of hydrogen-bond donors (Lipinski definition) is 2. The summed E-state index contributed by atoms with van der Waals surface area (Å²) in [7, 11) is 3.36. The monoisotopic (exact) mass is 455 g/mol. The van der Waals surface area contributed by atoms with E-state index in [0.29, 0.717) is 29.9 Å². The highest BCUT2D eigenvalue weighted by Gasteiger charge is 2.32. The Bertz CT molecular complexity index is 821. The van der Waals surface area contributed by atoms with Crippen LogP contribution in [-0.2, 0) is 4.74 Å². The van der Waals surface area contributed by atoms with Crippen molar-refractivity contribution in [3.63, 3.8) is 0 Å². The first-order chi connectivity index (χ1) is 16.0. The van der Waals surface area contributed by atoms with E-state index in [1.165, 1.54) is 6.42 Å². The van der Waals surface area contributed by atoms with Crippen molar-refractivity contribution in [2.75, 3.05) is 52.3 Å². The van der Waals surface area contributed by atoms with E-state index in [0.717, 1.165) is 50.5 Å². The number of anilines is 1. The molecule has 2 N–H and O–H groups in total. The zero-order valence-corrected chi connectivity index (χ0v) is 20.7. The summed E-state index contributed by atoms with van der Waals surface area (Å²) in [6.07, 6.45) is 12.1. The maximum atomic E-state index is 13.6. The predicted octanol–water partition coefficient (Wildman–Crippen LogP) is 4.35. The summed E-state index contributed by atoms with van der Waals surface area (Å²) in [4.78, 5) is 15.6. The van der Waals surface area contributed by atoms with E-state index in [2.05, 4.69) is 48.8 Å². The van der Waals surface area contributed by atoms with Gasteiger partial charge in [0.15, 0.2) is 0 Å². The highest BCUT2D eigenvalue weighted by atomic mass is 16.5. The number of benzene rings is 1. The second kappa shape index (κ2) is 12.8. The molecule has 1 fully saturated rings. The fraction of sp³-hybridized carbons (Fsp3) is 0.593. The van der Waals surface area contributed by atoms with E-state index < -0.39 is 0 Å². The van der Waals surface area contributed by atoms with Gasteiger partial charge in [-0.1, -0.05) is 24.3 Å². The van der Waals surface area contributed by atoms with Crippen LogP contribution in [0.4, 0.5) is 5.69 Å². The van der Waals surface area contributed by atoms with Gasteiger partial charge in [0, 0.05) is 38.4 Å². The minimum Gasteiger partial charge on any atom is -0.495 e. The SMILES string of the molecule is COCCCNc1cc(C(=O)N(CC2CNC[C@@H]2CC2C=CC=CC2)C(C)C)ccc1OC. The number of nitrogens with zero attached hydrogens (tertiary/aromatic N) is 1. The highest BCUT2D eigenvalue weighted by Crippen LogP contribution is 2.30. The van der Waals surface area contributed by atoms with Crippen molar-refractivity contribution in [2.45, 2.75) is 39.2 Å². The fourth-order valence-electron chi connectivity index (χ4n) is 4.84. The van der Waals surface area contributed by atoms with Crippen molar-refractivity contribution >= 4 is 11.6 Å². The molecule has 2 aliphatic rings. The molecule has 182 valence electrons. The Hall–Kier alpha value is -2.31. The summed E-state index contributed by atoms with van der Waals surface area (Å²) in [5, 5.41) is 6.97. The number of carbonyl (C=O) groups is 1. The first kappa shape index (κ1) is 25.3. The molecule has 3 atom stereocenters. The Morgan fingerprint density at radius 1 is 1.21 bits per heavy atom. The molecule has 1 aliphatic heterocycles. The zero-order chi connectivity index (χ0) is 23.6. The van der Waals surface area contributed by atoms with Crippen molar-refractivity contribution in [3.8, 4) is 5.75 Å². The summed E-state index contributed by atoms with van der Waals surface area (Å²) in [6, 6.07) is 5.82. The van der Waals surface area contributed by atoms with Crippen LogP contribution in [0.2, 0.25) is 0 Å². The minimum atomic E-state index is 0.0822. The normalized spacial score (nSPS) is 22.0. The third-order valence-electron chi connectivity index (χ3n) is 6.76. The predicted molar refractivity (Wildman–Crippen MR) is 135 cm³/mol. The molecular weight excluding hydrogens is 414 g/mol. The molecule has 1 aromatic carbocycles. The number of carbonyl (C=O) groups excluding carboxylic acids is 1. The number of ether oxygens (including phenoxy) is 2. The van der Waals surface area contributed by atoms with Crippen LogP contribution in [-0.4, -0.2) is 63.9 Å². The van der Waals surface area contributed by atoms with Crippen LogP contribution < -0.4 is 15.4 Å². The molecule has 33 heavy (non-hydrogen) atoms. The van der Waals surface area contributed by atoms with Gasteiger partial charge in [0.05, 0.1) is 12.8 Å². The molecular formula is C27H41N3O3. The maximum absolute atomic E-state index is 13.6. The van der Waals surface area contributed by atoms with Crippen molar-refractivity contribution in [3.05, 3.63) is 48.1 Å². The summed E-state index contributed by atoms with van der Waals surface area (Å²) in [5.41, 5.74) is 1.54. The molecule has 6 heteroatoms. The largest absolute Gasteiger partial charge is 0.495 e. The lowest BCUT2D eigenvalue weighted by molar-refractivity contribution is 0.0658. The van der Waals surface area contributed by atoms with Gasteiger partial charge in [-0.15, -0.1) is 0 Å². The van der Waals surface area contributed by atoms with Gasteiger partial charge in [-0.25, -0.2) is 0 Å². The number of amides is 1. The number of rotatable bonds is 12. The van der Waals surface area contributed by atoms with Gasteiger partial charge < -0.3 is 25.0 Å². The molecule has 1 amide bonds. The van der Waals surface area contributed by atoms with Crippen molar-refractivity contribution < 1.29 is 14.3 Å². The van der Waals surface area contributed by atoms with Crippen molar-refractivity contribution in [1.82, 2.24) is 10.2 Å². The zero-order valence-electron chi connectivity index (χ0n) is 20.7. The van der Waals surface area contributed by atoms with Gasteiger partial charge >= 0.3 is 0 Å². The van der Waals surface area contributed by atoms with E-state index in [-0.39, 0.29) is 11.9 Å². The summed E-state index contributed by atoms with van der Waals surface area (Å²) in [6.45, 7) is 8.46. The van der Waals surface area contributed by atoms with E-state index >= 15 is 0 Å². The standard InChI is InChI=1S/C27H41N3O3/c1-20(2)30(19-24-18-28-17-23(24)15-21-9-6-5-7-10-21)27(31)22-11-12-26(33-4)25(16-22)29-13-8-14-32-3/h5-7,9,11-12,16,20-21,23-24,28-29H,8,10,13-15,17-19H2,1-4H3/t21?,23-,24?/m0/s1. The van der Waals surface area contributed by atoms with Gasteiger partial charge in [-0.2, -0.15) is 0 Å². The summed E-state index contributed by atoms with van der Waals surface area (Å²) < 4.78 is 10.6. The van der Waals surface area contributed by atoms with Crippen LogP contribution in [0.25, 0.3) is 0 Å². The van der Waals surface area contributed by atoms with Gasteiger partial charge in [0.2, 0.25) is 0 Å². The Morgan fingerprint density at radius 2 is 2.03 bits per heavy atom. The number of allylic oxidation sites excluding steroid dienone is 4. The van der Waals surface area contributed by atoms with Crippen LogP contribution in [0, 0.1) is 17.8 Å². The topological polar surface area (TPSA) is 62.8 Å². The first-order valence-corrected chi connectivity index (χ1v) is 12.3. The molecule has 2 unspecified atom stereocenters.